The highest BCUT2D eigenvalue weighted by molar-refractivity contribution is 6.30. The number of anilines is 1. The van der Waals surface area contributed by atoms with E-state index in [2.05, 4.69) is 10.0 Å². The molecule has 5 rings (SSSR count). The molecule has 3 aliphatic heterocycles. The molecule has 0 aromatic heterocycles. The molecule has 2 aromatic carbocycles. The summed E-state index contributed by atoms with van der Waals surface area (Å²) >= 11 is 6.07. The fraction of sp³-hybridized carbons (Fsp3) is 0.364. The van der Waals surface area contributed by atoms with Gasteiger partial charge in [-0.1, -0.05) is 23.7 Å². The lowest BCUT2D eigenvalue weighted by atomic mass is 9.90. The van der Waals surface area contributed by atoms with Crippen molar-refractivity contribution in [2.24, 2.45) is 5.92 Å². The molecule has 3 aliphatic rings. The molecule has 29 heavy (non-hydrogen) atoms. The van der Waals surface area contributed by atoms with Gasteiger partial charge in [0.1, 0.15) is 11.8 Å². The Labute approximate surface area is 174 Å². The van der Waals surface area contributed by atoms with E-state index in [-0.39, 0.29) is 17.9 Å². The van der Waals surface area contributed by atoms with Crippen molar-refractivity contribution in [3.8, 4) is 5.75 Å². The molecule has 0 bridgehead atoms. The topological polar surface area (TPSA) is 53.1 Å². The molecule has 7 heteroatoms. The summed E-state index contributed by atoms with van der Waals surface area (Å²) < 4.78 is 5.48. The zero-order valence-electron chi connectivity index (χ0n) is 16.1. The first-order chi connectivity index (χ1) is 14.1. The van der Waals surface area contributed by atoms with E-state index in [1.165, 1.54) is 4.90 Å². The lowest BCUT2D eigenvalue weighted by Gasteiger charge is -2.29. The molecular formula is C22H22ClN3O3. The zero-order valence-corrected chi connectivity index (χ0v) is 16.9. The number of hydrazine groups is 1. The molecule has 3 saturated heterocycles. The van der Waals surface area contributed by atoms with Crippen LogP contribution in [0.25, 0.3) is 0 Å². The summed E-state index contributed by atoms with van der Waals surface area (Å²) in [5.41, 5.74) is 1.61. The van der Waals surface area contributed by atoms with E-state index in [0.717, 1.165) is 30.8 Å². The summed E-state index contributed by atoms with van der Waals surface area (Å²) in [5.74, 6) is 0.0156. The zero-order chi connectivity index (χ0) is 20.1. The summed E-state index contributed by atoms with van der Waals surface area (Å²) in [5, 5.41) is 4.95. The summed E-state index contributed by atoms with van der Waals surface area (Å²) in [7, 11) is 0. The number of hydrogen-bond donors (Lipinski definition) is 0. The lowest BCUT2D eigenvalue weighted by Crippen LogP contribution is -2.44. The van der Waals surface area contributed by atoms with Gasteiger partial charge in [0.05, 0.1) is 24.3 Å². The molecule has 0 aliphatic carbocycles. The van der Waals surface area contributed by atoms with Crippen molar-refractivity contribution in [3.05, 3.63) is 59.1 Å². The van der Waals surface area contributed by atoms with Crippen LogP contribution in [0.15, 0.2) is 48.5 Å². The van der Waals surface area contributed by atoms with Gasteiger partial charge in [0.25, 0.3) is 5.91 Å². The predicted molar refractivity (Wildman–Crippen MR) is 110 cm³/mol. The molecule has 0 saturated carbocycles. The number of carbonyl (C=O) groups is 2. The van der Waals surface area contributed by atoms with Crippen molar-refractivity contribution in [1.82, 2.24) is 10.0 Å². The third kappa shape index (κ3) is 2.86. The highest BCUT2D eigenvalue weighted by Crippen LogP contribution is 2.49. The van der Waals surface area contributed by atoms with E-state index in [9.17, 15) is 9.59 Å². The van der Waals surface area contributed by atoms with Gasteiger partial charge in [0, 0.05) is 18.1 Å². The Hall–Kier alpha value is -2.41. The highest BCUT2D eigenvalue weighted by Gasteiger charge is 2.62. The smallest absolute Gasteiger partial charge is 0.253 e. The normalized spacial score (nSPS) is 26.8. The van der Waals surface area contributed by atoms with Crippen molar-refractivity contribution in [2.45, 2.75) is 25.4 Å². The largest absolute Gasteiger partial charge is 0.494 e. The van der Waals surface area contributed by atoms with E-state index in [4.69, 9.17) is 16.3 Å². The standard InChI is InChI=1S/C22H22ClN3O3/c1-2-29-17-10-8-16(9-11-17)26-21(27)18-19(14-4-6-15(23)7-5-14)24-12-3-13-25(24)20(18)22(26)28/h4-11,18-20H,2-3,12-13H2,1H3/t18-,19-,20-/m1/s1. The van der Waals surface area contributed by atoms with Crippen LogP contribution < -0.4 is 9.64 Å². The summed E-state index contributed by atoms with van der Waals surface area (Å²) in [4.78, 5) is 28.2. The van der Waals surface area contributed by atoms with Crippen LogP contribution in [0.3, 0.4) is 0 Å². The Morgan fingerprint density at radius 2 is 1.59 bits per heavy atom. The summed E-state index contributed by atoms with van der Waals surface area (Å²) in [6, 6.07) is 14.2. The number of carbonyl (C=O) groups excluding carboxylic acids is 2. The molecule has 0 radical (unpaired) electrons. The van der Waals surface area contributed by atoms with Crippen LogP contribution in [0, 0.1) is 5.92 Å². The average molecular weight is 412 g/mol. The van der Waals surface area contributed by atoms with Crippen molar-refractivity contribution in [2.75, 3.05) is 24.6 Å². The Kier molecular flexibility index (Phi) is 4.57. The first-order valence-corrected chi connectivity index (χ1v) is 10.4. The van der Waals surface area contributed by atoms with Gasteiger partial charge in [-0.15, -0.1) is 0 Å². The molecule has 3 fully saturated rings. The minimum Gasteiger partial charge on any atom is -0.494 e. The van der Waals surface area contributed by atoms with Crippen LogP contribution >= 0.6 is 11.6 Å². The first-order valence-electron chi connectivity index (χ1n) is 9.99. The minimum atomic E-state index is -0.447. The maximum Gasteiger partial charge on any atom is 0.253 e. The third-order valence-corrected chi connectivity index (χ3v) is 6.28. The third-order valence-electron chi connectivity index (χ3n) is 6.02. The van der Waals surface area contributed by atoms with Crippen LogP contribution in [-0.4, -0.2) is 47.6 Å². The number of fused-ring (bicyclic) bond motifs is 3. The molecule has 6 nitrogen and oxygen atoms in total. The lowest BCUT2D eigenvalue weighted by molar-refractivity contribution is -0.126. The average Bonchev–Trinajstić information content (AvgIpc) is 3.36. The fourth-order valence-corrected chi connectivity index (χ4v) is 5.01. The van der Waals surface area contributed by atoms with E-state index < -0.39 is 12.0 Å². The monoisotopic (exact) mass is 411 g/mol. The number of benzene rings is 2. The van der Waals surface area contributed by atoms with Gasteiger partial charge >= 0.3 is 0 Å². The van der Waals surface area contributed by atoms with Crippen LogP contribution in [0.4, 0.5) is 5.69 Å². The van der Waals surface area contributed by atoms with Gasteiger partial charge in [0.15, 0.2) is 0 Å². The Bertz CT molecular complexity index is 947. The molecule has 2 aromatic rings. The predicted octanol–water partition coefficient (Wildman–Crippen LogP) is 3.27. The SMILES string of the molecule is CCOc1ccc(N2C(=O)[C@@H]3[C@@H](c4ccc(Cl)cc4)N4CCCN4[C@H]3C2=O)cc1. The summed E-state index contributed by atoms with van der Waals surface area (Å²) in [6.45, 7) is 4.13. The van der Waals surface area contributed by atoms with Crippen LogP contribution in [0.1, 0.15) is 24.9 Å². The Morgan fingerprint density at radius 1 is 0.931 bits per heavy atom. The Balaban J connectivity index is 1.51. The van der Waals surface area contributed by atoms with Gasteiger partial charge < -0.3 is 4.74 Å². The maximum absolute atomic E-state index is 13.5. The number of amides is 2. The quantitative estimate of drug-likeness (QED) is 0.723. The van der Waals surface area contributed by atoms with Gasteiger partial charge in [0.2, 0.25) is 5.91 Å². The number of hydrogen-bond acceptors (Lipinski definition) is 5. The fourth-order valence-electron chi connectivity index (χ4n) is 4.89. The van der Waals surface area contributed by atoms with Crippen molar-refractivity contribution in [3.63, 3.8) is 0 Å². The molecule has 2 amide bonds. The Morgan fingerprint density at radius 3 is 2.24 bits per heavy atom. The number of nitrogens with zero attached hydrogens (tertiary/aromatic N) is 3. The van der Waals surface area contributed by atoms with Crippen molar-refractivity contribution < 1.29 is 14.3 Å². The van der Waals surface area contributed by atoms with E-state index in [1.807, 2.05) is 31.2 Å². The van der Waals surface area contributed by atoms with E-state index in [1.54, 1.807) is 24.3 Å². The molecule has 150 valence electrons. The van der Waals surface area contributed by atoms with Crippen LogP contribution in [0.5, 0.6) is 5.75 Å². The maximum atomic E-state index is 13.5. The summed E-state index contributed by atoms with van der Waals surface area (Å²) in [6.07, 6.45) is 0.984. The number of ether oxygens (including phenoxy) is 1. The van der Waals surface area contributed by atoms with Crippen LogP contribution in [-0.2, 0) is 9.59 Å². The minimum absolute atomic E-state index is 0.140. The number of rotatable bonds is 4. The van der Waals surface area contributed by atoms with E-state index in [0.29, 0.717) is 17.3 Å². The van der Waals surface area contributed by atoms with Gasteiger partial charge in [-0.2, -0.15) is 0 Å². The second-order valence-corrected chi connectivity index (χ2v) is 8.02. The van der Waals surface area contributed by atoms with Gasteiger partial charge in [-0.05, 0) is 55.3 Å². The van der Waals surface area contributed by atoms with Gasteiger partial charge in [-0.3, -0.25) is 9.59 Å². The second kappa shape index (κ2) is 7.13. The van der Waals surface area contributed by atoms with Crippen molar-refractivity contribution >= 4 is 29.1 Å². The van der Waals surface area contributed by atoms with Crippen LogP contribution in [0.2, 0.25) is 5.02 Å². The second-order valence-electron chi connectivity index (χ2n) is 7.59. The molecule has 0 N–H and O–H groups in total. The molecular weight excluding hydrogens is 390 g/mol. The van der Waals surface area contributed by atoms with Gasteiger partial charge in [-0.25, -0.2) is 14.9 Å². The molecule has 3 heterocycles. The number of imide groups is 1. The van der Waals surface area contributed by atoms with E-state index >= 15 is 0 Å². The number of halogens is 1. The molecule has 0 spiro atoms. The molecule has 3 atom stereocenters. The molecule has 0 unspecified atom stereocenters. The van der Waals surface area contributed by atoms with Crippen molar-refractivity contribution in [1.29, 1.82) is 0 Å². The highest BCUT2D eigenvalue weighted by atomic mass is 35.5. The first kappa shape index (κ1) is 18.6.